The number of carbonyl (C=O) groups is 1. The van der Waals surface area contributed by atoms with Crippen LogP contribution in [0, 0.1) is 5.92 Å². The maximum Gasteiger partial charge on any atom is 0.243 e. The van der Waals surface area contributed by atoms with Crippen LogP contribution in [-0.4, -0.2) is 41.9 Å². The minimum Gasteiger partial charge on any atom is -0.339 e. The molecule has 1 N–H and O–H groups in total. The lowest BCUT2D eigenvalue weighted by Crippen LogP contribution is -2.41. The van der Waals surface area contributed by atoms with Gasteiger partial charge in [-0.05, 0) is 49.2 Å². The highest BCUT2D eigenvalue weighted by Gasteiger charge is 2.32. The van der Waals surface area contributed by atoms with Gasteiger partial charge in [0.05, 0.1) is 4.90 Å². The number of nitrogens with one attached hydrogen (secondary N) is 1. The van der Waals surface area contributed by atoms with Gasteiger partial charge in [-0.2, -0.15) is 9.29 Å². The molecule has 2 heterocycles. The number of hydrogen-bond acceptors (Lipinski definition) is 6. The molecule has 0 atom stereocenters. The molecule has 0 unspecified atom stereocenters. The molecule has 0 spiro atoms. The zero-order valence-electron chi connectivity index (χ0n) is 17.2. The molecule has 1 aliphatic heterocycles. The third kappa shape index (κ3) is 4.67. The summed E-state index contributed by atoms with van der Waals surface area (Å²) in [6.45, 7) is 2.53. The van der Waals surface area contributed by atoms with Crippen molar-refractivity contribution in [1.29, 1.82) is 0 Å². The molecule has 1 aliphatic rings. The van der Waals surface area contributed by atoms with Gasteiger partial charge < -0.3 is 9.84 Å². The largest absolute Gasteiger partial charge is 0.339 e. The summed E-state index contributed by atoms with van der Waals surface area (Å²) < 4.78 is 32.6. The molecule has 9 heteroatoms. The number of hydrogen-bond donors (Lipinski definition) is 1. The number of amides is 1. The van der Waals surface area contributed by atoms with Crippen LogP contribution in [0.15, 0.2) is 64.0 Å². The number of rotatable bonds is 6. The van der Waals surface area contributed by atoms with Gasteiger partial charge in [0.1, 0.15) is 0 Å². The number of piperidine rings is 1. The normalized spacial score (nSPS) is 15.6. The van der Waals surface area contributed by atoms with E-state index in [2.05, 4.69) is 15.5 Å². The van der Waals surface area contributed by atoms with Gasteiger partial charge in [-0.15, -0.1) is 0 Å². The molecule has 1 aromatic heterocycles. The summed E-state index contributed by atoms with van der Waals surface area (Å²) in [6.07, 6.45) is 1.61. The minimum absolute atomic E-state index is 0.0702. The Hall–Kier alpha value is -3.04. The molecule has 162 valence electrons. The van der Waals surface area contributed by atoms with E-state index < -0.39 is 10.0 Å². The van der Waals surface area contributed by atoms with E-state index in [4.69, 9.17) is 4.52 Å². The molecular formula is C22H24N4O4S. The van der Waals surface area contributed by atoms with Crippen molar-refractivity contribution < 1.29 is 17.7 Å². The Kier molecular flexibility index (Phi) is 6.15. The van der Waals surface area contributed by atoms with Gasteiger partial charge >= 0.3 is 0 Å². The predicted octanol–water partition coefficient (Wildman–Crippen LogP) is 3.34. The van der Waals surface area contributed by atoms with Gasteiger partial charge in [0.25, 0.3) is 0 Å². The quantitative estimate of drug-likeness (QED) is 0.630. The van der Waals surface area contributed by atoms with Crippen LogP contribution < -0.4 is 5.32 Å². The Morgan fingerprint density at radius 1 is 1.10 bits per heavy atom. The number of carbonyl (C=O) groups excluding carboxylic acids is 1. The van der Waals surface area contributed by atoms with Crippen molar-refractivity contribution in [3.63, 3.8) is 0 Å². The first-order valence-corrected chi connectivity index (χ1v) is 11.7. The van der Waals surface area contributed by atoms with Crippen molar-refractivity contribution in [2.24, 2.45) is 5.92 Å². The highest BCUT2D eigenvalue weighted by molar-refractivity contribution is 7.89. The lowest BCUT2D eigenvalue weighted by atomic mass is 9.97. The van der Waals surface area contributed by atoms with Crippen LogP contribution in [0.4, 0.5) is 5.69 Å². The Morgan fingerprint density at radius 2 is 1.77 bits per heavy atom. The molecule has 4 rings (SSSR count). The summed E-state index contributed by atoms with van der Waals surface area (Å²) >= 11 is 0. The van der Waals surface area contributed by atoms with E-state index in [0.29, 0.717) is 49.6 Å². The van der Waals surface area contributed by atoms with Crippen LogP contribution in [0.1, 0.15) is 25.7 Å². The first kappa shape index (κ1) is 21.2. The summed E-state index contributed by atoms with van der Waals surface area (Å²) in [7, 11) is -3.63. The minimum atomic E-state index is -3.63. The van der Waals surface area contributed by atoms with Crippen molar-refractivity contribution in [2.75, 3.05) is 18.4 Å². The molecule has 1 fully saturated rings. The highest BCUT2D eigenvalue weighted by Crippen LogP contribution is 2.26. The zero-order chi connectivity index (χ0) is 21.8. The van der Waals surface area contributed by atoms with E-state index in [1.54, 1.807) is 24.3 Å². The number of aryl methyl sites for hydroxylation is 1. The van der Waals surface area contributed by atoms with Gasteiger partial charge in [-0.3, -0.25) is 4.79 Å². The Balaban J connectivity index is 1.39. The molecule has 1 saturated heterocycles. The maximum atomic E-state index is 13.0. The monoisotopic (exact) mass is 440 g/mol. The van der Waals surface area contributed by atoms with E-state index in [1.807, 2.05) is 37.3 Å². The number of sulfonamides is 1. The first-order valence-electron chi connectivity index (χ1n) is 10.3. The van der Waals surface area contributed by atoms with Crippen LogP contribution in [-0.2, 0) is 21.2 Å². The van der Waals surface area contributed by atoms with Crippen LogP contribution >= 0.6 is 0 Å². The molecule has 8 nitrogen and oxygen atoms in total. The second-order valence-electron chi connectivity index (χ2n) is 7.42. The summed E-state index contributed by atoms with van der Waals surface area (Å²) in [6, 6.07) is 15.7. The average Bonchev–Trinajstić information content (AvgIpc) is 3.29. The van der Waals surface area contributed by atoms with Crippen molar-refractivity contribution in [1.82, 2.24) is 14.4 Å². The predicted molar refractivity (Wildman–Crippen MR) is 116 cm³/mol. The summed E-state index contributed by atoms with van der Waals surface area (Å²) in [5.41, 5.74) is 1.44. The van der Waals surface area contributed by atoms with E-state index in [0.717, 1.165) is 5.69 Å². The molecule has 1 amide bonds. The molecule has 31 heavy (non-hydrogen) atoms. The fourth-order valence-electron chi connectivity index (χ4n) is 3.56. The van der Waals surface area contributed by atoms with E-state index >= 15 is 0 Å². The highest BCUT2D eigenvalue weighted by atomic mass is 32.2. The molecule has 0 bridgehead atoms. The smallest absolute Gasteiger partial charge is 0.243 e. The van der Waals surface area contributed by atoms with Gasteiger partial charge in [-0.1, -0.05) is 30.3 Å². The molecule has 0 saturated carbocycles. The Morgan fingerprint density at radius 3 is 2.39 bits per heavy atom. The fourth-order valence-corrected chi connectivity index (χ4v) is 5.03. The van der Waals surface area contributed by atoms with Gasteiger partial charge in [0.2, 0.25) is 27.6 Å². The molecular weight excluding hydrogens is 416 g/mol. The SMILES string of the molecule is CCc1nc(-c2ccc(S(=O)(=O)N3CCC(C(=O)Nc4ccccc4)CC3)cc2)no1. The van der Waals surface area contributed by atoms with Crippen LogP contribution in [0.25, 0.3) is 11.4 Å². The van der Waals surface area contributed by atoms with Gasteiger partial charge in [-0.25, -0.2) is 8.42 Å². The lowest BCUT2D eigenvalue weighted by Gasteiger charge is -2.30. The molecule has 2 aromatic carbocycles. The Bertz CT molecular complexity index is 1140. The molecule has 0 aliphatic carbocycles. The summed E-state index contributed by atoms with van der Waals surface area (Å²) in [5.74, 6) is 0.691. The maximum absolute atomic E-state index is 13.0. The number of aromatic nitrogens is 2. The lowest BCUT2D eigenvalue weighted by molar-refractivity contribution is -0.120. The zero-order valence-corrected chi connectivity index (χ0v) is 18.0. The topological polar surface area (TPSA) is 105 Å². The number of anilines is 1. The second-order valence-corrected chi connectivity index (χ2v) is 9.36. The van der Waals surface area contributed by atoms with Crippen molar-refractivity contribution in [2.45, 2.75) is 31.1 Å². The van der Waals surface area contributed by atoms with Crippen LogP contribution in [0.2, 0.25) is 0 Å². The first-order chi connectivity index (χ1) is 15.0. The van der Waals surface area contributed by atoms with Crippen molar-refractivity contribution in [3.8, 4) is 11.4 Å². The van der Waals surface area contributed by atoms with Gasteiger partial charge in [0, 0.05) is 36.7 Å². The summed E-state index contributed by atoms with van der Waals surface area (Å²) in [4.78, 5) is 17.0. The molecule has 0 radical (unpaired) electrons. The van der Waals surface area contributed by atoms with E-state index in [1.165, 1.54) is 4.31 Å². The Labute approximate surface area is 181 Å². The second kappa shape index (κ2) is 8.99. The van der Waals surface area contributed by atoms with Crippen molar-refractivity contribution >= 4 is 21.6 Å². The third-order valence-electron chi connectivity index (χ3n) is 5.39. The summed E-state index contributed by atoms with van der Waals surface area (Å²) in [5, 5.41) is 6.81. The van der Waals surface area contributed by atoms with Crippen LogP contribution in [0.5, 0.6) is 0 Å². The van der Waals surface area contributed by atoms with Gasteiger partial charge in [0.15, 0.2) is 0 Å². The van der Waals surface area contributed by atoms with Crippen molar-refractivity contribution in [3.05, 3.63) is 60.5 Å². The third-order valence-corrected chi connectivity index (χ3v) is 7.30. The number of para-hydroxylation sites is 1. The number of nitrogens with zero attached hydrogens (tertiary/aromatic N) is 3. The standard InChI is InChI=1S/C22H24N4O4S/c1-2-20-24-21(25-30-20)16-8-10-19(11-9-16)31(28,29)26-14-12-17(13-15-26)22(27)23-18-6-4-3-5-7-18/h3-11,17H,2,12-15H2,1H3,(H,23,27). The number of benzene rings is 2. The molecule has 3 aromatic rings. The van der Waals surface area contributed by atoms with Crippen LogP contribution in [0.3, 0.4) is 0 Å². The fraction of sp³-hybridized carbons (Fsp3) is 0.318. The van der Waals surface area contributed by atoms with E-state index in [9.17, 15) is 13.2 Å². The van der Waals surface area contributed by atoms with E-state index in [-0.39, 0.29) is 16.7 Å². The average molecular weight is 441 g/mol.